The maximum absolute atomic E-state index is 14.5. The highest BCUT2D eigenvalue weighted by molar-refractivity contribution is 6.00. The number of hydrogen-bond acceptors (Lipinski definition) is 3. The highest BCUT2D eigenvalue weighted by Crippen LogP contribution is 2.55. The van der Waals surface area contributed by atoms with Crippen LogP contribution in [0.1, 0.15) is 49.0 Å². The van der Waals surface area contributed by atoms with Crippen molar-refractivity contribution in [1.29, 1.82) is 0 Å². The summed E-state index contributed by atoms with van der Waals surface area (Å²) in [7, 11) is 0. The van der Waals surface area contributed by atoms with E-state index in [-0.39, 0.29) is 17.0 Å². The second kappa shape index (κ2) is 9.11. The summed E-state index contributed by atoms with van der Waals surface area (Å²) in [5, 5.41) is 10.5. The Labute approximate surface area is 208 Å². The molecule has 196 valence electrons. The highest BCUT2D eigenvalue weighted by atomic mass is 19.4. The van der Waals surface area contributed by atoms with Crippen LogP contribution in [0.15, 0.2) is 42.6 Å². The normalized spacial score (nSPS) is 26.0. The summed E-state index contributed by atoms with van der Waals surface area (Å²) >= 11 is 0. The zero-order chi connectivity index (χ0) is 26.5. The second-order valence-corrected chi connectivity index (χ2v) is 10.3. The van der Waals surface area contributed by atoms with E-state index in [9.17, 15) is 26.7 Å². The van der Waals surface area contributed by atoms with Gasteiger partial charge in [-0.15, -0.1) is 0 Å². The molecule has 1 amide bonds. The first-order valence-electron chi connectivity index (χ1n) is 12.0. The van der Waals surface area contributed by atoms with Gasteiger partial charge in [0.05, 0.1) is 11.1 Å². The molecule has 37 heavy (non-hydrogen) atoms. The Bertz CT molecular complexity index is 1330. The lowest BCUT2D eigenvalue weighted by Gasteiger charge is -2.56. The fraction of sp³-hybridized carbons (Fsp3) is 0.423. The number of pyridine rings is 1. The van der Waals surface area contributed by atoms with Crippen LogP contribution in [0.5, 0.6) is 0 Å². The van der Waals surface area contributed by atoms with E-state index in [1.807, 2.05) is 12.1 Å². The fourth-order valence-corrected chi connectivity index (χ4v) is 6.63. The Morgan fingerprint density at radius 2 is 1.59 bits per heavy atom. The number of carbonyl (C=O) groups excluding carboxylic acids is 1. The minimum Gasteiger partial charge on any atom is -0.475 e. The van der Waals surface area contributed by atoms with Gasteiger partial charge in [0.25, 0.3) is 5.91 Å². The Balaban J connectivity index is 0.000000355. The topological polar surface area (TPSA) is 83.7 Å². The number of carboxylic acid groups (broad SMARTS) is 1. The first kappa shape index (κ1) is 25.2. The number of carbonyl (C=O) groups is 2. The molecule has 4 aliphatic rings. The zero-order valence-corrected chi connectivity index (χ0v) is 19.6. The van der Waals surface area contributed by atoms with Gasteiger partial charge in [-0.25, -0.2) is 18.6 Å². The van der Waals surface area contributed by atoms with E-state index < -0.39 is 23.8 Å². The molecule has 6 nitrogen and oxygen atoms in total. The summed E-state index contributed by atoms with van der Waals surface area (Å²) in [6.45, 7) is 0. The van der Waals surface area contributed by atoms with Crippen LogP contribution in [-0.2, 0) is 4.79 Å². The molecule has 2 aromatic heterocycles. The van der Waals surface area contributed by atoms with Crippen molar-refractivity contribution >= 4 is 17.4 Å². The Hall–Kier alpha value is -3.50. The van der Waals surface area contributed by atoms with Crippen LogP contribution in [0.25, 0.3) is 16.9 Å². The van der Waals surface area contributed by atoms with Gasteiger partial charge in [0.1, 0.15) is 17.5 Å². The molecular weight excluding hydrogens is 497 g/mol. The number of alkyl halides is 3. The summed E-state index contributed by atoms with van der Waals surface area (Å²) in [5.74, 6) is -1.83. The molecule has 1 aromatic carbocycles. The summed E-state index contributed by atoms with van der Waals surface area (Å²) in [5.41, 5.74) is 0.965. The average Bonchev–Trinajstić information content (AvgIpc) is 3.17. The summed E-state index contributed by atoms with van der Waals surface area (Å²) < 4.78 is 61.3. The van der Waals surface area contributed by atoms with Crippen LogP contribution >= 0.6 is 0 Å². The lowest BCUT2D eigenvalue weighted by molar-refractivity contribution is -0.192. The fourth-order valence-electron chi connectivity index (χ4n) is 6.63. The smallest absolute Gasteiger partial charge is 0.475 e. The number of hydrogen-bond donors (Lipinski definition) is 2. The van der Waals surface area contributed by atoms with E-state index in [0.29, 0.717) is 17.0 Å². The molecule has 3 aromatic rings. The van der Waals surface area contributed by atoms with E-state index in [4.69, 9.17) is 9.90 Å². The van der Waals surface area contributed by atoms with Crippen LogP contribution in [0.2, 0.25) is 0 Å². The van der Waals surface area contributed by atoms with Crippen molar-refractivity contribution in [3.05, 3.63) is 59.9 Å². The number of fused-ring (bicyclic) bond motifs is 1. The molecule has 2 N–H and O–H groups in total. The van der Waals surface area contributed by atoms with Gasteiger partial charge >= 0.3 is 12.1 Å². The van der Waals surface area contributed by atoms with Crippen LogP contribution in [-0.4, -0.2) is 38.1 Å². The number of nitrogens with zero attached hydrogens (tertiary/aromatic N) is 2. The van der Waals surface area contributed by atoms with Gasteiger partial charge in [-0.2, -0.15) is 13.2 Å². The Kier molecular flexibility index (Phi) is 6.19. The van der Waals surface area contributed by atoms with Gasteiger partial charge in [-0.3, -0.25) is 9.20 Å². The first-order chi connectivity index (χ1) is 17.4. The van der Waals surface area contributed by atoms with E-state index in [1.165, 1.54) is 31.4 Å². The standard InChI is InChI=1S/C24H23F2N3O.C2HF3O2/c25-17-4-5-18(19(26)10-17)22-27-21(20-3-1-2-6-29(20)22)23(30)28-24-11-14-7-15(12-24)9-16(8-14)13-24;3-2(4,5)1(6)7/h1-6,10,14-16H,7-9,11-13H2,(H,28,30);(H,6,7). The number of benzene rings is 1. The van der Waals surface area contributed by atoms with Crippen molar-refractivity contribution in [2.75, 3.05) is 0 Å². The molecule has 7 rings (SSSR count). The minimum absolute atomic E-state index is 0.127. The van der Waals surface area contributed by atoms with Crippen LogP contribution in [0, 0.1) is 29.4 Å². The molecule has 4 aliphatic carbocycles. The van der Waals surface area contributed by atoms with Crippen molar-refractivity contribution in [3.63, 3.8) is 0 Å². The number of imidazole rings is 1. The number of nitrogens with one attached hydrogen (secondary N) is 1. The summed E-state index contributed by atoms with van der Waals surface area (Å²) in [4.78, 5) is 26.8. The SMILES string of the molecule is O=C(NC12CC3CC(CC(C3)C1)C2)c1nc(-c2ccc(F)cc2F)n2ccccc12.O=C(O)C(F)(F)F. The molecule has 2 heterocycles. The van der Waals surface area contributed by atoms with Crippen molar-refractivity contribution < 1.29 is 36.6 Å². The van der Waals surface area contributed by atoms with Gasteiger partial charge in [0.2, 0.25) is 0 Å². The first-order valence-corrected chi connectivity index (χ1v) is 12.0. The number of aliphatic carboxylic acids is 1. The van der Waals surface area contributed by atoms with Crippen LogP contribution < -0.4 is 5.32 Å². The number of carboxylic acids is 1. The van der Waals surface area contributed by atoms with E-state index in [2.05, 4.69) is 10.3 Å². The van der Waals surface area contributed by atoms with Crippen molar-refractivity contribution in [2.45, 2.75) is 50.2 Å². The molecule has 0 radical (unpaired) electrons. The van der Waals surface area contributed by atoms with Gasteiger partial charge in [0.15, 0.2) is 5.69 Å². The zero-order valence-electron chi connectivity index (χ0n) is 19.6. The average molecular weight is 521 g/mol. The number of amides is 1. The monoisotopic (exact) mass is 521 g/mol. The van der Waals surface area contributed by atoms with Crippen LogP contribution in [0.3, 0.4) is 0 Å². The van der Waals surface area contributed by atoms with Crippen molar-refractivity contribution in [2.24, 2.45) is 17.8 Å². The second-order valence-electron chi connectivity index (χ2n) is 10.3. The lowest BCUT2D eigenvalue weighted by atomic mass is 9.53. The number of rotatable bonds is 3. The van der Waals surface area contributed by atoms with Crippen LogP contribution in [0.4, 0.5) is 22.0 Å². The molecule has 11 heteroatoms. The predicted molar refractivity (Wildman–Crippen MR) is 123 cm³/mol. The Morgan fingerprint density at radius 3 is 2.14 bits per heavy atom. The van der Waals surface area contributed by atoms with Gasteiger partial charge in [-0.1, -0.05) is 6.07 Å². The van der Waals surface area contributed by atoms with E-state index in [0.717, 1.165) is 43.1 Å². The molecule has 4 saturated carbocycles. The van der Waals surface area contributed by atoms with Gasteiger partial charge < -0.3 is 10.4 Å². The van der Waals surface area contributed by atoms with Gasteiger partial charge in [-0.05, 0) is 80.5 Å². The van der Waals surface area contributed by atoms with Gasteiger partial charge in [0, 0.05) is 17.8 Å². The van der Waals surface area contributed by atoms with Crippen molar-refractivity contribution in [3.8, 4) is 11.4 Å². The molecular formula is C26H24F5N3O3. The third-order valence-electron chi connectivity index (χ3n) is 7.59. The third-order valence-corrected chi connectivity index (χ3v) is 7.59. The summed E-state index contributed by atoms with van der Waals surface area (Å²) in [6, 6.07) is 8.87. The Morgan fingerprint density at radius 1 is 1.00 bits per heavy atom. The quantitative estimate of drug-likeness (QED) is 0.439. The molecule has 0 atom stereocenters. The molecule has 0 spiro atoms. The van der Waals surface area contributed by atoms with E-state index >= 15 is 0 Å². The molecule has 4 fully saturated rings. The predicted octanol–water partition coefficient (Wildman–Crippen LogP) is 5.61. The minimum atomic E-state index is -5.08. The molecule has 0 aliphatic heterocycles. The highest BCUT2D eigenvalue weighted by Gasteiger charge is 2.51. The molecule has 0 unspecified atom stereocenters. The maximum atomic E-state index is 14.5. The maximum Gasteiger partial charge on any atom is 0.490 e. The molecule has 0 saturated heterocycles. The number of halogens is 5. The largest absolute Gasteiger partial charge is 0.490 e. The lowest BCUT2D eigenvalue weighted by Crippen LogP contribution is -2.59. The summed E-state index contributed by atoms with van der Waals surface area (Å²) in [6.07, 6.45) is 3.73. The number of aromatic nitrogens is 2. The van der Waals surface area contributed by atoms with Crippen molar-refractivity contribution in [1.82, 2.24) is 14.7 Å². The molecule has 4 bridgehead atoms. The van der Waals surface area contributed by atoms with E-state index in [1.54, 1.807) is 16.7 Å². The third kappa shape index (κ3) is 4.91.